The molecule has 0 bridgehead atoms. The van der Waals surface area contributed by atoms with Crippen molar-refractivity contribution in [2.75, 3.05) is 0 Å². The Balaban J connectivity index is 1.76. The second-order valence-corrected chi connectivity index (χ2v) is 5.78. The number of allylic oxidation sites excluding steroid dienone is 1. The van der Waals surface area contributed by atoms with Gasteiger partial charge in [-0.15, -0.1) is 0 Å². The van der Waals surface area contributed by atoms with Crippen LogP contribution in [0.5, 0.6) is 0 Å². The Morgan fingerprint density at radius 1 is 1.11 bits per heavy atom. The predicted octanol–water partition coefficient (Wildman–Crippen LogP) is 4.39. The first-order valence-electron chi connectivity index (χ1n) is 8.11. The van der Waals surface area contributed by atoms with Gasteiger partial charge in [-0.05, 0) is 36.4 Å². The molecule has 6 heteroatoms. The summed E-state index contributed by atoms with van der Waals surface area (Å²) >= 11 is 0. The standard InChI is InChI=1S/C21H12FN3O2/c22-17-7-3-1-5-15(17)19-10-9-14(27-19)11-13(12-23)20-24-18-8-4-2-6-16(18)21(26)25-20/h1-11H,(H,24,25,26). The van der Waals surface area contributed by atoms with Crippen molar-refractivity contribution >= 4 is 22.6 Å². The van der Waals surface area contributed by atoms with Crippen molar-refractivity contribution in [1.82, 2.24) is 9.97 Å². The number of aromatic nitrogens is 2. The van der Waals surface area contributed by atoms with E-state index in [1.165, 1.54) is 12.1 Å². The van der Waals surface area contributed by atoms with E-state index in [0.29, 0.717) is 28.0 Å². The summed E-state index contributed by atoms with van der Waals surface area (Å²) in [6.45, 7) is 0. The number of para-hydroxylation sites is 1. The van der Waals surface area contributed by atoms with Crippen LogP contribution in [0.3, 0.4) is 0 Å². The highest BCUT2D eigenvalue weighted by Crippen LogP contribution is 2.26. The van der Waals surface area contributed by atoms with Gasteiger partial charge in [-0.2, -0.15) is 5.26 Å². The van der Waals surface area contributed by atoms with Crippen LogP contribution in [0.15, 0.2) is 69.9 Å². The van der Waals surface area contributed by atoms with Gasteiger partial charge in [0.1, 0.15) is 23.4 Å². The first-order valence-corrected chi connectivity index (χ1v) is 8.11. The number of halogens is 1. The van der Waals surface area contributed by atoms with E-state index in [1.54, 1.807) is 54.6 Å². The fraction of sp³-hybridized carbons (Fsp3) is 0. The predicted molar refractivity (Wildman–Crippen MR) is 99.9 cm³/mol. The molecule has 0 saturated carbocycles. The van der Waals surface area contributed by atoms with Crippen molar-refractivity contribution in [2.24, 2.45) is 0 Å². The topological polar surface area (TPSA) is 82.7 Å². The van der Waals surface area contributed by atoms with Crippen LogP contribution in [0.4, 0.5) is 4.39 Å². The zero-order chi connectivity index (χ0) is 18.8. The lowest BCUT2D eigenvalue weighted by Crippen LogP contribution is -2.11. The second kappa shape index (κ2) is 6.73. The first-order chi connectivity index (χ1) is 13.2. The number of hydrogen-bond donors (Lipinski definition) is 1. The maximum Gasteiger partial charge on any atom is 0.259 e. The van der Waals surface area contributed by atoms with Gasteiger partial charge in [-0.25, -0.2) is 9.37 Å². The van der Waals surface area contributed by atoms with E-state index in [2.05, 4.69) is 9.97 Å². The van der Waals surface area contributed by atoms with Gasteiger partial charge in [0, 0.05) is 6.08 Å². The Hall–Kier alpha value is -3.98. The van der Waals surface area contributed by atoms with Crippen molar-refractivity contribution in [3.63, 3.8) is 0 Å². The quantitative estimate of drug-likeness (QED) is 0.551. The Bertz CT molecular complexity index is 1280. The molecule has 0 atom stereocenters. The van der Waals surface area contributed by atoms with Crippen molar-refractivity contribution in [2.45, 2.75) is 0 Å². The molecule has 0 aliphatic heterocycles. The molecule has 0 fully saturated rings. The van der Waals surface area contributed by atoms with E-state index in [1.807, 2.05) is 6.07 Å². The number of aromatic amines is 1. The molecular weight excluding hydrogens is 345 g/mol. The Kier molecular flexibility index (Phi) is 4.11. The van der Waals surface area contributed by atoms with Gasteiger partial charge in [0.15, 0.2) is 5.82 Å². The molecule has 2 heterocycles. The molecule has 27 heavy (non-hydrogen) atoms. The number of H-pyrrole nitrogens is 1. The molecule has 2 aromatic heterocycles. The average Bonchev–Trinajstić information content (AvgIpc) is 3.15. The molecule has 5 nitrogen and oxygen atoms in total. The van der Waals surface area contributed by atoms with E-state index in [0.717, 1.165) is 0 Å². The minimum absolute atomic E-state index is 0.132. The Morgan fingerprint density at radius 3 is 2.70 bits per heavy atom. The summed E-state index contributed by atoms with van der Waals surface area (Å²) in [6, 6.07) is 18.4. The van der Waals surface area contributed by atoms with Crippen molar-refractivity contribution in [1.29, 1.82) is 5.26 Å². The molecule has 0 radical (unpaired) electrons. The normalized spacial score (nSPS) is 11.5. The summed E-state index contributed by atoms with van der Waals surface area (Å²) < 4.78 is 19.5. The number of benzene rings is 2. The van der Waals surface area contributed by atoms with E-state index in [4.69, 9.17) is 4.42 Å². The lowest BCUT2D eigenvalue weighted by molar-refractivity contribution is 0.561. The highest BCUT2D eigenvalue weighted by molar-refractivity contribution is 5.88. The molecule has 0 saturated heterocycles. The van der Waals surface area contributed by atoms with Crippen molar-refractivity contribution < 1.29 is 8.81 Å². The molecule has 0 spiro atoms. The Labute approximate surface area is 153 Å². The fourth-order valence-electron chi connectivity index (χ4n) is 2.75. The molecule has 1 N–H and O–H groups in total. The van der Waals surface area contributed by atoms with Crippen LogP contribution in [0, 0.1) is 17.1 Å². The molecule has 4 aromatic rings. The zero-order valence-corrected chi connectivity index (χ0v) is 13.9. The summed E-state index contributed by atoms with van der Waals surface area (Å²) in [4.78, 5) is 19.1. The van der Waals surface area contributed by atoms with Crippen molar-refractivity contribution in [3.8, 4) is 17.4 Å². The number of fused-ring (bicyclic) bond motifs is 1. The van der Waals surface area contributed by atoms with Crippen LogP contribution < -0.4 is 5.56 Å². The molecule has 130 valence electrons. The van der Waals surface area contributed by atoms with Gasteiger partial charge >= 0.3 is 0 Å². The third-order valence-electron chi connectivity index (χ3n) is 4.04. The molecule has 4 rings (SSSR count). The van der Waals surface area contributed by atoms with Gasteiger partial charge in [0.05, 0.1) is 22.0 Å². The fourth-order valence-corrected chi connectivity index (χ4v) is 2.75. The summed E-state index contributed by atoms with van der Waals surface area (Å²) in [6.07, 6.45) is 1.46. The third-order valence-corrected chi connectivity index (χ3v) is 4.04. The smallest absolute Gasteiger partial charge is 0.259 e. The van der Waals surface area contributed by atoms with Crippen LogP contribution >= 0.6 is 0 Å². The van der Waals surface area contributed by atoms with E-state index in [9.17, 15) is 14.4 Å². The Morgan fingerprint density at radius 2 is 1.89 bits per heavy atom. The summed E-state index contributed by atoms with van der Waals surface area (Å²) in [7, 11) is 0. The number of nitrogens with zero attached hydrogens (tertiary/aromatic N) is 2. The van der Waals surface area contributed by atoms with Crippen LogP contribution in [0.25, 0.3) is 33.9 Å². The van der Waals surface area contributed by atoms with Gasteiger partial charge in [0.25, 0.3) is 5.56 Å². The summed E-state index contributed by atoms with van der Waals surface area (Å²) in [5.41, 5.74) is 0.618. The van der Waals surface area contributed by atoms with Crippen LogP contribution in [0.1, 0.15) is 11.6 Å². The summed E-state index contributed by atoms with van der Waals surface area (Å²) in [5.74, 6) is 0.436. The monoisotopic (exact) mass is 357 g/mol. The second-order valence-electron chi connectivity index (χ2n) is 5.78. The molecule has 0 aliphatic rings. The van der Waals surface area contributed by atoms with E-state index < -0.39 is 5.82 Å². The minimum Gasteiger partial charge on any atom is -0.457 e. The number of furan rings is 1. The molecule has 0 aliphatic carbocycles. The lowest BCUT2D eigenvalue weighted by Gasteiger charge is -2.01. The number of hydrogen-bond acceptors (Lipinski definition) is 4. The van der Waals surface area contributed by atoms with Gasteiger partial charge < -0.3 is 9.40 Å². The largest absolute Gasteiger partial charge is 0.457 e. The van der Waals surface area contributed by atoms with Crippen molar-refractivity contribution in [3.05, 3.63) is 88.4 Å². The van der Waals surface area contributed by atoms with Crippen LogP contribution in [-0.4, -0.2) is 9.97 Å². The van der Waals surface area contributed by atoms with E-state index in [-0.39, 0.29) is 17.0 Å². The molecule has 0 unspecified atom stereocenters. The number of nitriles is 1. The highest BCUT2D eigenvalue weighted by Gasteiger charge is 2.11. The average molecular weight is 357 g/mol. The van der Waals surface area contributed by atoms with Gasteiger partial charge in [0.2, 0.25) is 0 Å². The number of rotatable bonds is 3. The third kappa shape index (κ3) is 3.14. The molecular formula is C21H12FN3O2. The highest BCUT2D eigenvalue weighted by atomic mass is 19.1. The van der Waals surface area contributed by atoms with Gasteiger partial charge in [-0.3, -0.25) is 4.79 Å². The maximum atomic E-state index is 13.9. The first kappa shape index (κ1) is 16.5. The maximum absolute atomic E-state index is 13.9. The van der Waals surface area contributed by atoms with Crippen LogP contribution in [0.2, 0.25) is 0 Å². The van der Waals surface area contributed by atoms with E-state index >= 15 is 0 Å². The van der Waals surface area contributed by atoms with Gasteiger partial charge in [-0.1, -0.05) is 24.3 Å². The van der Waals surface area contributed by atoms with Crippen LogP contribution in [-0.2, 0) is 0 Å². The molecule has 2 aromatic carbocycles. The minimum atomic E-state index is -0.400. The summed E-state index contributed by atoms with van der Waals surface area (Å²) in [5, 5.41) is 9.93. The zero-order valence-electron chi connectivity index (χ0n) is 13.9. The lowest BCUT2D eigenvalue weighted by atomic mass is 10.1. The molecule has 0 amide bonds. The SMILES string of the molecule is N#CC(=Cc1ccc(-c2ccccc2F)o1)c1nc2ccccc2c(=O)[nH]1. The number of nitrogens with one attached hydrogen (secondary N) is 1.